The van der Waals surface area contributed by atoms with Crippen molar-refractivity contribution in [3.63, 3.8) is 0 Å². The van der Waals surface area contributed by atoms with Crippen LogP contribution in [-0.4, -0.2) is 105 Å². The van der Waals surface area contributed by atoms with Crippen molar-refractivity contribution in [2.75, 3.05) is 39.6 Å². The molecule has 3 amide bonds. The number of aromatic nitrogens is 1. The molecule has 2 aliphatic heterocycles. The van der Waals surface area contributed by atoms with Crippen LogP contribution in [0.3, 0.4) is 0 Å². The number of benzene rings is 1. The van der Waals surface area contributed by atoms with E-state index < -0.39 is 23.7 Å². The molecule has 1 saturated heterocycles. The van der Waals surface area contributed by atoms with Gasteiger partial charge in [-0.05, 0) is 50.7 Å². The fraction of sp³-hybridized carbons (Fsp3) is 0.571. The number of unbranched alkanes of at least 4 members (excludes halogenated alkanes) is 2. The highest BCUT2D eigenvalue weighted by atomic mass is 127. The van der Waals surface area contributed by atoms with Crippen molar-refractivity contribution < 1.29 is 28.6 Å². The largest absolute Gasteiger partial charge is 0.497 e. The van der Waals surface area contributed by atoms with E-state index in [1.54, 1.807) is 42.6 Å². The number of fused-ring (bicyclic) bond motifs is 1. The summed E-state index contributed by atoms with van der Waals surface area (Å²) in [6.07, 6.45) is 4.72. The summed E-state index contributed by atoms with van der Waals surface area (Å²) in [5, 5.41) is 4.63. The molecular weight excluding hydrogens is 745 g/mol. The van der Waals surface area contributed by atoms with Crippen molar-refractivity contribution in [1.82, 2.24) is 20.1 Å². The van der Waals surface area contributed by atoms with Crippen molar-refractivity contribution >= 4 is 68.2 Å². The number of nitrogens with zero attached hydrogens (tertiary/aromatic N) is 4. The summed E-state index contributed by atoms with van der Waals surface area (Å²) in [4.78, 5) is 53.8. The van der Waals surface area contributed by atoms with E-state index >= 15 is 0 Å². The lowest BCUT2D eigenvalue weighted by atomic mass is 10.1. The first-order chi connectivity index (χ1) is 23.0. The average molecular weight is 792 g/mol. The van der Waals surface area contributed by atoms with E-state index in [9.17, 15) is 14.4 Å². The first-order valence-corrected chi connectivity index (χ1v) is 18.9. The Labute approximate surface area is 300 Å². The standard InChI is InChI=1S/C35H46IN5O6S/c1-7-9-10-11-14-40(5)34(44)41-19-23(16-28(41)31(42)39-35(18-30(35)36)33(43)46-8-2)47-29-17-26(32-38-27(20-48-32)21(3)4)37-25-15-22(45-6)12-13-24(25)29/h7,12-13,15,17,21,23,27-28,30H,1,8-11,14,16,18-20H2,2-6H3,(H,39,42)/t23-,27?,28+,30-,35-/m1/s1. The molecule has 1 unspecified atom stereocenters. The first kappa shape index (κ1) is 36.2. The summed E-state index contributed by atoms with van der Waals surface area (Å²) in [6, 6.07) is 6.69. The third kappa shape index (κ3) is 7.87. The normalized spacial score (nSPS) is 24.7. The van der Waals surface area contributed by atoms with E-state index in [1.807, 2.05) is 30.3 Å². The second-order valence-corrected chi connectivity index (χ2v) is 15.4. The lowest BCUT2D eigenvalue weighted by Crippen LogP contribution is -2.55. The fourth-order valence-electron chi connectivity index (χ4n) is 6.03. The molecule has 3 heterocycles. The number of thioether (sulfide) groups is 1. The van der Waals surface area contributed by atoms with Crippen LogP contribution < -0.4 is 14.8 Å². The molecule has 1 N–H and O–H groups in total. The van der Waals surface area contributed by atoms with Crippen LogP contribution in [-0.2, 0) is 14.3 Å². The molecule has 2 fully saturated rings. The highest BCUT2D eigenvalue weighted by molar-refractivity contribution is 14.1. The maximum absolute atomic E-state index is 13.9. The van der Waals surface area contributed by atoms with Crippen molar-refractivity contribution in [3.05, 3.63) is 42.6 Å². The number of hydrogen-bond acceptors (Lipinski definition) is 9. The molecule has 1 saturated carbocycles. The number of nitrogens with one attached hydrogen (secondary N) is 1. The number of rotatable bonds is 14. The number of halogens is 1. The Bertz CT molecular complexity index is 1570. The van der Waals surface area contributed by atoms with Crippen LogP contribution in [0.5, 0.6) is 11.5 Å². The number of allylic oxidation sites excluding steroid dienone is 1. The predicted octanol–water partition coefficient (Wildman–Crippen LogP) is 5.62. The molecule has 13 heteroatoms. The lowest BCUT2D eigenvalue weighted by Gasteiger charge is -2.29. The maximum atomic E-state index is 13.9. The minimum Gasteiger partial charge on any atom is -0.497 e. The minimum absolute atomic E-state index is 0.0894. The van der Waals surface area contributed by atoms with Crippen molar-refractivity contribution in [2.45, 2.75) is 80.5 Å². The molecule has 0 spiro atoms. The Morgan fingerprint density at radius 1 is 1.27 bits per heavy atom. The average Bonchev–Trinajstić information content (AvgIpc) is 3.41. The Kier molecular flexibility index (Phi) is 11.8. The van der Waals surface area contributed by atoms with Gasteiger partial charge in [0.1, 0.15) is 28.7 Å². The van der Waals surface area contributed by atoms with Crippen LogP contribution in [0.1, 0.15) is 58.6 Å². The summed E-state index contributed by atoms with van der Waals surface area (Å²) >= 11 is 3.85. The number of hydrogen-bond donors (Lipinski definition) is 1. The van der Waals surface area contributed by atoms with E-state index in [0.29, 0.717) is 35.9 Å². The van der Waals surface area contributed by atoms with Crippen molar-refractivity contribution in [3.8, 4) is 11.5 Å². The van der Waals surface area contributed by atoms with Gasteiger partial charge in [0.25, 0.3) is 0 Å². The molecule has 5 rings (SSSR count). The number of aliphatic imine (C=N–C) groups is 1. The van der Waals surface area contributed by atoms with Crippen molar-refractivity contribution in [1.29, 1.82) is 0 Å². The van der Waals surface area contributed by atoms with E-state index in [2.05, 4.69) is 48.3 Å². The third-order valence-corrected chi connectivity index (χ3v) is 11.7. The second kappa shape index (κ2) is 15.6. The SMILES string of the molecule is C=CCCCCN(C)C(=O)N1C[C@H](Oc2cc(C3=NC(C(C)C)CS3)nc3cc(OC)ccc23)C[C@H]1C(=O)N[C@]1(C(=O)OCC)C[C@H]1I. The number of urea groups is 1. The summed E-state index contributed by atoms with van der Waals surface area (Å²) in [5.74, 6) is 1.75. The Morgan fingerprint density at radius 2 is 2.04 bits per heavy atom. The molecular formula is C35H46IN5O6S. The van der Waals surface area contributed by atoms with Crippen LogP contribution in [0.4, 0.5) is 4.79 Å². The molecule has 260 valence electrons. The van der Waals surface area contributed by atoms with Crippen molar-refractivity contribution in [2.24, 2.45) is 10.9 Å². The highest BCUT2D eigenvalue weighted by Gasteiger charge is 2.62. The summed E-state index contributed by atoms with van der Waals surface area (Å²) in [6.45, 7) is 10.8. The quantitative estimate of drug-likeness (QED) is 0.0862. The summed E-state index contributed by atoms with van der Waals surface area (Å²) in [7, 11) is 3.37. The van der Waals surface area contributed by atoms with Crippen LogP contribution in [0, 0.1) is 5.92 Å². The number of ether oxygens (including phenoxy) is 3. The van der Waals surface area contributed by atoms with E-state index in [-0.39, 0.29) is 41.5 Å². The molecule has 1 aromatic carbocycles. The van der Waals surface area contributed by atoms with Crippen LogP contribution >= 0.6 is 34.4 Å². The van der Waals surface area contributed by atoms with Gasteiger partial charge in [-0.3, -0.25) is 9.79 Å². The Hall–Kier alpha value is -3.07. The predicted molar refractivity (Wildman–Crippen MR) is 197 cm³/mol. The number of methoxy groups -OCH3 is 1. The third-order valence-electron chi connectivity index (χ3n) is 9.09. The number of carbonyl (C=O) groups excluding carboxylic acids is 3. The van der Waals surface area contributed by atoms with E-state index in [0.717, 1.165) is 41.1 Å². The van der Waals surface area contributed by atoms with Crippen LogP contribution in [0.15, 0.2) is 41.9 Å². The monoisotopic (exact) mass is 791 g/mol. The molecule has 11 nitrogen and oxygen atoms in total. The zero-order valence-electron chi connectivity index (χ0n) is 28.4. The van der Waals surface area contributed by atoms with Gasteiger partial charge in [-0.1, -0.05) is 42.5 Å². The van der Waals surface area contributed by atoms with Gasteiger partial charge in [0.2, 0.25) is 5.91 Å². The fourth-order valence-corrected chi connectivity index (χ4v) is 8.39. The molecule has 3 aliphatic rings. The molecule has 5 atom stereocenters. The van der Waals surface area contributed by atoms with Gasteiger partial charge in [0.05, 0.1) is 37.5 Å². The zero-order valence-corrected chi connectivity index (χ0v) is 31.3. The number of alkyl halides is 1. The van der Waals surface area contributed by atoms with Gasteiger partial charge in [0.15, 0.2) is 5.54 Å². The Morgan fingerprint density at radius 3 is 2.69 bits per heavy atom. The topological polar surface area (TPSA) is 123 Å². The minimum atomic E-state index is -1.08. The van der Waals surface area contributed by atoms with E-state index in [1.165, 1.54) is 0 Å². The van der Waals surface area contributed by atoms with Gasteiger partial charge in [0, 0.05) is 47.2 Å². The second-order valence-electron chi connectivity index (χ2n) is 12.9. The maximum Gasteiger partial charge on any atom is 0.332 e. The molecule has 2 aromatic rings. The highest BCUT2D eigenvalue weighted by Crippen LogP contribution is 2.44. The molecule has 48 heavy (non-hydrogen) atoms. The van der Waals surface area contributed by atoms with Gasteiger partial charge < -0.3 is 29.3 Å². The molecule has 1 aromatic heterocycles. The van der Waals surface area contributed by atoms with Gasteiger partial charge >= 0.3 is 12.0 Å². The lowest BCUT2D eigenvalue weighted by molar-refractivity contribution is -0.149. The Balaban J connectivity index is 1.43. The smallest absolute Gasteiger partial charge is 0.332 e. The van der Waals surface area contributed by atoms with Crippen LogP contribution in [0.25, 0.3) is 10.9 Å². The van der Waals surface area contributed by atoms with Gasteiger partial charge in [-0.15, -0.1) is 18.3 Å². The van der Waals surface area contributed by atoms with E-state index in [4.69, 9.17) is 24.2 Å². The number of amides is 3. The summed E-state index contributed by atoms with van der Waals surface area (Å²) in [5.41, 5.74) is 0.341. The number of likely N-dealkylation sites (tertiary alicyclic amines) is 1. The zero-order chi connectivity index (χ0) is 34.6. The molecule has 1 aliphatic carbocycles. The number of pyridine rings is 1. The first-order valence-electron chi connectivity index (χ1n) is 16.6. The molecule has 0 radical (unpaired) electrons. The summed E-state index contributed by atoms with van der Waals surface area (Å²) < 4.78 is 17.4. The number of esters is 1. The number of carbonyl (C=O) groups is 3. The van der Waals surface area contributed by atoms with Gasteiger partial charge in [-0.2, -0.15) is 0 Å². The molecule has 0 bridgehead atoms. The van der Waals surface area contributed by atoms with Gasteiger partial charge in [-0.25, -0.2) is 14.6 Å². The van der Waals surface area contributed by atoms with Crippen LogP contribution in [0.2, 0.25) is 0 Å².